The molecule has 2 aromatic carbocycles. The van der Waals surface area contributed by atoms with Gasteiger partial charge in [0.15, 0.2) is 0 Å². The molecule has 0 aliphatic carbocycles. The molecule has 0 aliphatic rings. The van der Waals surface area contributed by atoms with Gasteiger partial charge < -0.3 is 15.2 Å². The van der Waals surface area contributed by atoms with E-state index in [1.54, 1.807) is 14.2 Å². The summed E-state index contributed by atoms with van der Waals surface area (Å²) in [7, 11) is 3.35. The number of rotatable bonds is 6. The van der Waals surface area contributed by atoms with Crippen LogP contribution in [0.5, 0.6) is 11.5 Å². The molecule has 0 radical (unpaired) electrons. The van der Waals surface area contributed by atoms with Crippen molar-refractivity contribution < 1.29 is 9.47 Å². The van der Waals surface area contributed by atoms with E-state index in [0.29, 0.717) is 6.54 Å². The van der Waals surface area contributed by atoms with Crippen molar-refractivity contribution in [1.29, 1.82) is 0 Å². The number of benzene rings is 2. The molecule has 0 spiro atoms. The summed E-state index contributed by atoms with van der Waals surface area (Å²) in [4.78, 5) is 0. The molecule has 1 atom stereocenters. The van der Waals surface area contributed by atoms with Crippen LogP contribution in [0, 0.1) is 13.8 Å². The van der Waals surface area contributed by atoms with Crippen molar-refractivity contribution >= 4 is 0 Å². The lowest BCUT2D eigenvalue weighted by Gasteiger charge is -2.20. The molecule has 3 heteroatoms. The summed E-state index contributed by atoms with van der Waals surface area (Å²) in [6.07, 6.45) is 0.888. The third kappa shape index (κ3) is 3.60. The SMILES string of the molecule is COc1cc(OC)cc(C(CCN)c2ccc(C)c(C)c2)c1. The fraction of sp³-hybridized carbons (Fsp3) is 0.368. The van der Waals surface area contributed by atoms with E-state index in [0.717, 1.165) is 17.9 Å². The minimum atomic E-state index is 0.244. The van der Waals surface area contributed by atoms with E-state index in [1.165, 1.54) is 22.3 Å². The third-order valence-corrected chi connectivity index (χ3v) is 4.16. The maximum atomic E-state index is 5.85. The molecule has 0 amide bonds. The first-order valence-electron chi connectivity index (χ1n) is 7.59. The lowest BCUT2D eigenvalue weighted by molar-refractivity contribution is 0.393. The Morgan fingerprint density at radius 3 is 2.00 bits per heavy atom. The Kier molecular flexibility index (Phi) is 5.45. The van der Waals surface area contributed by atoms with Gasteiger partial charge in [-0.1, -0.05) is 18.2 Å². The Bertz CT molecular complexity index is 615. The van der Waals surface area contributed by atoms with Crippen LogP contribution >= 0.6 is 0 Å². The van der Waals surface area contributed by atoms with Crippen LogP contribution in [-0.2, 0) is 0 Å². The van der Waals surface area contributed by atoms with Gasteiger partial charge in [0.05, 0.1) is 14.2 Å². The highest BCUT2D eigenvalue weighted by Crippen LogP contribution is 2.34. The fourth-order valence-corrected chi connectivity index (χ4v) is 2.70. The summed E-state index contributed by atoms with van der Waals surface area (Å²) in [5.74, 6) is 1.86. The maximum Gasteiger partial charge on any atom is 0.122 e. The first-order chi connectivity index (χ1) is 10.6. The van der Waals surface area contributed by atoms with Crippen molar-refractivity contribution in [1.82, 2.24) is 0 Å². The zero-order valence-electron chi connectivity index (χ0n) is 13.8. The summed E-state index contributed by atoms with van der Waals surface area (Å²) in [5.41, 5.74) is 10.9. The number of methoxy groups -OCH3 is 2. The van der Waals surface area contributed by atoms with Crippen molar-refractivity contribution in [2.75, 3.05) is 20.8 Å². The van der Waals surface area contributed by atoms with E-state index in [-0.39, 0.29) is 5.92 Å². The predicted molar refractivity (Wildman–Crippen MR) is 91.0 cm³/mol. The average molecular weight is 299 g/mol. The monoisotopic (exact) mass is 299 g/mol. The second-order valence-corrected chi connectivity index (χ2v) is 5.62. The Labute approximate surface area is 133 Å². The molecule has 0 saturated heterocycles. The normalized spacial score (nSPS) is 12.0. The van der Waals surface area contributed by atoms with E-state index in [2.05, 4.69) is 44.2 Å². The standard InChI is InChI=1S/C19H25NO2/c1-13-5-6-15(9-14(13)2)19(7-8-20)16-10-17(21-3)12-18(11-16)22-4/h5-6,9-12,19H,7-8,20H2,1-4H3. The van der Waals surface area contributed by atoms with E-state index >= 15 is 0 Å². The van der Waals surface area contributed by atoms with E-state index in [1.807, 2.05) is 6.07 Å². The van der Waals surface area contributed by atoms with Gasteiger partial charge in [0.2, 0.25) is 0 Å². The smallest absolute Gasteiger partial charge is 0.122 e. The van der Waals surface area contributed by atoms with Crippen LogP contribution in [-0.4, -0.2) is 20.8 Å². The second kappa shape index (κ2) is 7.32. The van der Waals surface area contributed by atoms with Crippen molar-refractivity contribution in [2.45, 2.75) is 26.2 Å². The van der Waals surface area contributed by atoms with Crippen LogP contribution in [0.4, 0.5) is 0 Å². The third-order valence-electron chi connectivity index (χ3n) is 4.16. The highest BCUT2D eigenvalue weighted by atomic mass is 16.5. The van der Waals surface area contributed by atoms with Crippen LogP contribution in [0.25, 0.3) is 0 Å². The minimum Gasteiger partial charge on any atom is -0.497 e. The molecular weight excluding hydrogens is 274 g/mol. The van der Waals surface area contributed by atoms with Crippen molar-refractivity contribution in [3.05, 3.63) is 58.7 Å². The summed E-state index contributed by atoms with van der Waals surface area (Å²) in [6.45, 7) is 4.91. The second-order valence-electron chi connectivity index (χ2n) is 5.62. The van der Waals surface area contributed by atoms with Crippen molar-refractivity contribution in [3.8, 4) is 11.5 Å². The Morgan fingerprint density at radius 1 is 0.864 bits per heavy atom. The summed E-state index contributed by atoms with van der Waals surface area (Å²) in [6, 6.07) is 12.6. The number of ether oxygens (including phenoxy) is 2. The first kappa shape index (κ1) is 16.4. The maximum absolute atomic E-state index is 5.85. The fourth-order valence-electron chi connectivity index (χ4n) is 2.70. The van der Waals surface area contributed by atoms with Gasteiger partial charge >= 0.3 is 0 Å². The molecule has 2 rings (SSSR count). The number of hydrogen-bond acceptors (Lipinski definition) is 3. The Morgan fingerprint density at radius 2 is 1.50 bits per heavy atom. The van der Waals surface area contributed by atoms with Gasteiger partial charge in [-0.15, -0.1) is 0 Å². The van der Waals surface area contributed by atoms with Gasteiger partial charge in [-0.25, -0.2) is 0 Å². The molecule has 0 aliphatic heterocycles. The highest BCUT2D eigenvalue weighted by Gasteiger charge is 2.16. The molecular formula is C19H25NO2. The number of aryl methyl sites for hydroxylation is 2. The van der Waals surface area contributed by atoms with Gasteiger partial charge in [-0.2, -0.15) is 0 Å². The van der Waals surface area contributed by atoms with Gasteiger partial charge in [0, 0.05) is 12.0 Å². The number of nitrogens with two attached hydrogens (primary N) is 1. The molecule has 0 aromatic heterocycles. The van der Waals surface area contributed by atoms with Gasteiger partial charge in [-0.3, -0.25) is 0 Å². The van der Waals surface area contributed by atoms with Crippen LogP contribution in [0.2, 0.25) is 0 Å². The Balaban J connectivity index is 2.48. The molecule has 2 aromatic rings. The van der Waals surface area contributed by atoms with Crippen molar-refractivity contribution in [2.24, 2.45) is 5.73 Å². The zero-order valence-corrected chi connectivity index (χ0v) is 13.8. The van der Waals surface area contributed by atoms with Crippen LogP contribution in [0.1, 0.15) is 34.6 Å². The molecule has 2 N–H and O–H groups in total. The van der Waals surface area contributed by atoms with Gasteiger partial charge in [0.25, 0.3) is 0 Å². The average Bonchev–Trinajstić information content (AvgIpc) is 2.54. The molecule has 0 fully saturated rings. The molecule has 3 nitrogen and oxygen atoms in total. The number of hydrogen-bond donors (Lipinski definition) is 1. The first-order valence-corrected chi connectivity index (χ1v) is 7.59. The van der Waals surface area contributed by atoms with Crippen LogP contribution in [0.3, 0.4) is 0 Å². The molecule has 118 valence electrons. The molecule has 0 bridgehead atoms. The van der Waals surface area contributed by atoms with Crippen molar-refractivity contribution in [3.63, 3.8) is 0 Å². The minimum absolute atomic E-state index is 0.244. The molecule has 0 saturated carbocycles. The lowest BCUT2D eigenvalue weighted by atomic mass is 9.87. The zero-order chi connectivity index (χ0) is 16.1. The highest BCUT2D eigenvalue weighted by molar-refractivity contribution is 5.44. The van der Waals surface area contributed by atoms with Crippen LogP contribution in [0.15, 0.2) is 36.4 Å². The largest absolute Gasteiger partial charge is 0.497 e. The molecule has 22 heavy (non-hydrogen) atoms. The lowest BCUT2D eigenvalue weighted by Crippen LogP contribution is -2.09. The molecule has 1 unspecified atom stereocenters. The van der Waals surface area contributed by atoms with E-state index in [9.17, 15) is 0 Å². The topological polar surface area (TPSA) is 44.5 Å². The van der Waals surface area contributed by atoms with Gasteiger partial charge in [-0.05, 0) is 61.2 Å². The summed E-state index contributed by atoms with van der Waals surface area (Å²) >= 11 is 0. The van der Waals surface area contributed by atoms with E-state index < -0.39 is 0 Å². The van der Waals surface area contributed by atoms with Crippen LogP contribution < -0.4 is 15.2 Å². The summed E-state index contributed by atoms with van der Waals surface area (Å²) < 4.78 is 10.8. The Hall–Kier alpha value is -2.00. The molecule has 0 heterocycles. The quantitative estimate of drug-likeness (QED) is 0.882. The summed E-state index contributed by atoms with van der Waals surface area (Å²) in [5, 5.41) is 0. The predicted octanol–water partition coefficient (Wildman–Crippen LogP) is 3.80. The van der Waals surface area contributed by atoms with E-state index in [4.69, 9.17) is 15.2 Å². The van der Waals surface area contributed by atoms with Gasteiger partial charge in [0.1, 0.15) is 11.5 Å².